The van der Waals surface area contributed by atoms with E-state index in [1.807, 2.05) is 0 Å². The van der Waals surface area contributed by atoms with Gasteiger partial charge in [-0.15, -0.1) is 0 Å². The number of aryl methyl sites for hydroxylation is 2. The predicted molar refractivity (Wildman–Crippen MR) is 66.3 cm³/mol. The Bertz CT molecular complexity index is 639. The van der Waals surface area contributed by atoms with Crippen LogP contribution >= 0.6 is 0 Å². The molecule has 0 radical (unpaired) electrons. The van der Waals surface area contributed by atoms with E-state index in [9.17, 15) is 4.79 Å². The van der Waals surface area contributed by atoms with Crippen LogP contribution in [0.4, 0.5) is 0 Å². The second kappa shape index (κ2) is 3.13. The van der Waals surface area contributed by atoms with Gasteiger partial charge in [-0.2, -0.15) is 0 Å². The molecule has 3 heteroatoms. The van der Waals surface area contributed by atoms with Crippen LogP contribution in [0.25, 0.3) is 10.9 Å². The number of amides is 1. The lowest BCUT2D eigenvalue weighted by atomic mass is 10.0. The van der Waals surface area contributed by atoms with Crippen molar-refractivity contribution in [1.29, 1.82) is 0 Å². The number of fused-ring (bicyclic) bond motifs is 3. The van der Waals surface area contributed by atoms with Gasteiger partial charge in [0.2, 0.25) is 0 Å². The van der Waals surface area contributed by atoms with Gasteiger partial charge in [0.05, 0.1) is 11.1 Å². The molecule has 0 saturated carbocycles. The molecule has 3 heterocycles. The maximum atomic E-state index is 12.0. The molecule has 0 bridgehead atoms. The Morgan fingerprint density at radius 2 is 2.18 bits per heavy atom. The van der Waals surface area contributed by atoms with E-state index < -0.39 is 0 Å². The Morgan fingerprint density at radius 3 is 3.12 bits per heavy atom. The number of aromatic nitrogens is 1. The lowest BCUT2D eigenvalue weighted by Gasteiger charge is -2.19. The maximum Gasteiger partial charge on any atom is 0.253 e. The summed E-state index contributed by atoms with van der Waals surface area (Å²) in [6, 6.07) is 6.36. The molecule has 0 saturated heterocycles. The largest absolute Gasteiger partial charge is 0.352 e. The molecule has 0 fully saturated rings. The average molecular weight is 226 g/mol. The Kier molecular flexibility index (Phi) is 1.71. The number of rotatable bonds is 0. The van der Waals surface area contributed by atoms with Crippen LogP contribution in [0.1, 0.15) is 28.0 Å². The molecule has 17 heavy (non-hydrogen) atoms. The highest BCUT2D eigenvalue weighted by molar-refractivity contribution is 6.10. The van der Waals surface area contributed by atoms with Crippen molar-refractivity contribution >= 4 is 16.8 Å². The first-order valence-corrected chi connectivity index (χ1v) is 6.27. The maximum absolute atomic E-state index is 12.0. The highest BCUT2D eigenvalue weighted by Crippen LogP contribution is 2.34. The molecule has 0 unspecified atom stereocenters. The van der Waals surface area contributed by atoms with E-state index >= 15 is 0 Å². The van der Waals surface area contributed by atoms with Gasteiger partial charge in [0.25, 0.3) is 5.91 Å². The molecule has 0 spiro atoms. The van der Waals surface area contributed by atoms with Crippen LogP contribution in [0.3, 0.4) is 0 Å². The number of hydrogen-bond acceptors (Lipinski definition) is 1. The van der Waals surface area contributed by atoms with Crippen molar-refractivity contribution in [3.8, 4) is 0 Å². The molecule has 3 nitrogen and oxygen atoms in total. The van der Waals surface area contributed by atoms with Gasteiger partial charge < -0.3 is 9.88 Å². The van der Waals surface area contributed by atoms with Crippen LogP contribution in [0.15, 0.2) is 18.2 Å². The number of carbonyl (C=O) groups excluding carboxylic acids is 1. The molecule has 4 rings (SSSR count). The fraction of sp³-hybridized carbons (Fsp3) is 0.357. The van der Waals surface area contributed by atoms with Crippen molar-refractivity contribution in [2.75, 3.05) is 6.54 Å². The van der Waals surface area contributed by atoms with Crippen LogP contribution in [0, 0.1) is 0 Å². The van der Waals surface area contributed by atoms with Gasteiger partial charge in [-0.25, -0.2) is 0 Å². The molecule has 86 valence electrons. The van der Waals surface area contributed by atoms with E-state index in [-0.39, 0.29) is 5.91 Å². The Morgan fingerprint density at radius 1 is 1.24 bits per heavy atom. The van der Waals surface area contributed by atoms with Crippen LogP contribution in [-0.4, -0.2) is 17.0 Å². The van der Waals surface area contributed by atoms with Crippen LogP contribution in [0.2, 0.25) is 0 Å². The van der Waals surface area contributed by atoms with Crippen LogP contribution in [-0.2, 0) is 19.4 Å². The molecule has 2 aliphatic heterocycles. The van der Waals surface area contributed by atoms with Crippen LogP contribution in [0.5, 0.6) is 0 Å². The third kappa shape index (κ3) is 1.09. The van der Waals surface area contributed by atoms with E-state index in [2.05, 4.69) is 28.1 Å². The normalized spacial score (nSPS) is 18.0. The Labute approximate surface area is 99.4 Å². The molecule has 1 N–H and O–H groups in total. The van der Waals surface area contributed by atoms with Crippen molar-refractivity contribution in [2.45, 2.75) is 25.8 Å². The second-order valence-corrected chi connectivity index (χ2v) is 4.90. The summed E-state index contributed by atoms with van der Waals surface area (Å²) in [5.74, 6) is 0.106. The molecule has 1 amide bonds. The van der Waals surface area contributed by atoms with Crippen molar-refractivity contribution in [2.24, 2.45) is 0 Å². The van der Waals surface area contributed by atoms with Crippen molar-refractivity contribution < 1.29 is 4.79 Å². The van der Waals surface area contributed by atoms with Gasteiger partial charge in [0.15, 0.2) is 0 Å². The van der Waals surface area contributed by atoms with E-state index in [1.165, 1.54) is 23.2 Å². The fourth-order valence-corrected chi connectivity index (χ4v) is 3.31. The van der Waals surface area contributed by atoms with Gasteiger partial charge in [-0.3, -0.25) is 4.79 Å². The average Bonchev–Trinajstić information content (AvgIpc) is 2.69. The summed E-state index contributed by atoms with van der Waals surface area (Å²) in [4.78, 5) is 12.0. The zero-order valence-corrected chi connectivity index (χ0v) is 9.62. The summed E-state index contributed by atoms with van der Waals surface area (Å²) in [6.45, 7) is 1.84. The third-order valence-corrected chi connectivity index (χ3v) is 3.98. The van der Waals surface area contributed by atoms with Gasteiger partial charge in [0, 0.05) is 30.6 Å². The van der Waals surface area contributed by atoms with Gasteiger partial charge in [-0.1, -0.05) is 18.2 Å². The van der Waals surface area contributed by atoms with Crippen molar-refractivity contribution in [3.05, 3.63) is 35.0 Å². The third-order valence-electron chi connectivity index (χ3n) is 3.98. The summed E-state index contributed by atoms with van der Waals surface area (Å²) >= 11 is 0. The monoisotopic (exact) mass is 226 g/mol. The van der Waals surface area contributed by atoms with Gasteiger partial charge in [0.1, 0.15) is 0 Å². The minimum atomic E-state index is 0.106. The topological polar surface area (TPSA) is 34.0 Å². The summed E-state index contributed by atoms with van der Waals surface area (Å²) in [6.07, 6.45) is 3.30. The number of benzene rings is 1. The quantitative estimate of drug-likeness (QED) is 0.731. The highest BCUT2D eigenvalue weighted by atomic mass is 16.1. The smallest absolute Gasteiger partial charge is 0.253 e. The summed E-state index contributed by atoms with van der Waals surface area (Å²) in [5.41, 5.74) is 4.88. The van der Waals surface area contributed by atoms with E-state index in [1.54, 1.807) is 0 Å². The van der Waals surface area contributed by atoms with Crippen LogP contribution < -0.4 is 5.32 Å². The number of para-hydroxylation sites is 1. The zero-order valence-electron chi connectivity index (χ0n) is 9.62. The van der Waals surface area contributed by atoms with E-state index in [0.29, 0.717) is 0 Å². The van der Waals surface area contributed by atoms with E-state index in [4.69, 9.17) is 0 Å². The first-order valence-electron chi connectivity index (χ1n) is 6.27. The molecule has 1 aromatic carbocycles. The molecule has 2 aliphatic rings. The predicted octanol–water partition coefficient (Wildman–Crippen LogP) is 1.87. The Hall–Kier alpha value is -1.77. The second-order valence-electron chi connectivity index (χ2n) is 4.90. The first kappa shape index (κ1) is 9.28. The fourth-order valence-electron chi connectivity index (χ4n) is 3.31. The number of nitrogens with one attached hydrogen (secondary N) is 1. The molecular formula is C14H14N2O. The van der Waals surface area contributed by atoms with Gasteiger partial charge >= 0.3 is 0 Å². The minimum absolute atomic E-state index is 0.106. The molecule has 0 atom stereocenters. The molecule has 0 aliphatic carbocycles. The first-order chi connectivity index (χ1) is 8.36. The van der Waals surface area contributed by atoms with Crippen molar-refractivity contribution in [1.82, 2.24) is 9.88 Å². The molecule has 1 aromatic heterocycles. The highest BCUT2D eigenvalue weighted by Gasteiger charge is 2.27. The van der Waals surface area contributed by atoms with E-state index in [0.717, 1.165) is 36.9 Å². The summed E-state index contributed by atoms with van der Waals surface area (Å²) in [5, 5.41) is 4.10. The SMILES string of the molecule is O=C1NCCc2c1c1cccc3c1n2CCC3. The molecule has 2 aromatic rings. The minimum Gasteiger partial charge on any atom is -0.352 e. The number of carbonyl (C=O) groups is 1. The lowest BCUT2D eigenvalue weighted by molar-refractivity contribution is 0.0947. The van der Waals surface area contributed by atoms with Crippen molar-refractivity contribution in [3.63, 3.8) is 0 Å². The lowest BCUT2D eigenvalue weighted by Crippen LogP contribution is -2.32. The van der Waals surface area contributed by atoms with Gasteiger partial charge in [-0.05, 0) is 18.4 Å². The Balaban J connectivity index is 2.19. The molecular weight excluding hydrogens is 212 g/mol. The summed E-state index contributed by atoms with van der Waals surface area (Å²) < 4.78 is 2.38. The summed E-state index contributed by atoms with van der Waals surface area (Å²) in [7, 11) is 0. The number of hydrogen-bond donors (Lipinski definition) is 1. The zero-order chi connectivity index (χ0) is 11.4. The number of nitrogens with zero attached hydrogens (tertiary/aromatic N) is 1. The standard InChI is InChI=1S/C14H14N2O/c17-14-12-10-5-1-3-9-4-2-8-16(13(9)10)11(12)6-7-15-14/h1,3,5H,2,4,6-8H2,(H,15,17).